The first-order chi connectivity index (χ1) is 7.31. The molecule has 4 nitrogen and oxygen atoms in total. The molecule has 2 rings (SSSR count). The fourth-order valence-electron chi connectivity index (χ4n) is 2.77. The van der Waals surface area contributed by atoms with Crippen LogP contribution in [-0.2, 0) is 14.3 Å². The maximum absolute atomic E-state index is 10.8. The molecule has 1 aliphatic carbocycles. The largest absolute Gasteiger partial charge is 0.472 e. The van der Waals surface area contributed by atoms with E-state index in [1.807, 2.05) is 0 Å². The molecule has 2 aliphatic rings. The molecule has 1 aliphatic heterocycles. The number of aliphatic hydroxyl groups excluding tert-OH is 1. The molecule has 0 bridgehead atoms. The van der Waals surface area contributed by atoms with Crippen molar-refractivity contribution in [3.63, 3.8) is 0 Å². The molecule has 0 aromatic heterocycles. The molecule has 0 saturated heterocycles. The zero-order chi connectivity index (χ0) is 10.8. The predicted molar refractivity (Wildman–Crippen MR) is 52.8 cm³/mol. The van der Waals surface area contributed by atoms with Crippen LogP contribution in [0.1, 0.15) is 12.8 Å². The maximum atomic E-state index is 10.8. The predicted octanol–water partition coefficient (Wildman–Crippen LogP) is 0.707. The second-order valence-electron chi connectivity index (χ2n) is 4.18. The molecule has 84 valence electrons. The quantitative estimate of drug-likeness (QED) is 0.700. The molecule has 4 heteroatoms. The molecule has 4 unspecified atom stereocenters. The summed E-state index contributed by atoms with van der Waals surface area (Å²) in [6, 6.07) is 0. The van der Waals surface area contributed by atoms with E-state index in [9.17, 15) is 9.90 Å². The summed E-state index contributed by atoms with van der Waals surface area (Å²) in [7, 11) is 1.59. The fraction of sp³-hybridized carbons (Fsp3) is 0.727. The lowest BCUT2D eigenvalue weighted by atomic mass is 9.83. The van der Waals surface area contributed by atoms with Gasteiger partial charge in [0, 0.05) is 25.2 Å². The molecular formula is C11H16O4. The van der Waals surface area contributed by atoms with Crippen molar-refractivity contribution < 1.29 is 19.4 Å². The molecular weight excluding hydrogens is 196 g/mol. The number of aliphatic hydroxyl groups is 1. The third-order valence-electron chi connectivity index (χ3n) is 3.54. The zero-order valence-corrected chi connectivity index (χ0v) is 8.76. The van der Waals surface area contributed by atoms with Gasteiger partial charge >= 0.3 is 0 Å². The SMILES string of the molecule is COC1OC=C(C=O)C2CCC(CO)C12. The highest BCUT2D eigenvalue weighted by molar-refractivity contribution is 5.74. The highest BCUT2D eigenvalue weighted by Gasteiger charge is 2.45. The van der Waals surface area contributed by atoms with E-state index in [4.69, 9.17) is 9.47 Å². The van der Waals surface area contributed by atoms with Crippen molar-refractivity contribution in [2.45, 2.75) is 19.1 Å². The van der Waals surface area contributed by atoms with Crippen LogP contribution in [0, 0.1) is 17.8 Å². The van der Waals surface area contributed by atoms with Crippen molar-refractivity contribution in [2.24, 2.45) is 17.8 Å². The van der Waals surface area contributed by atoms with Gasteiger partial charge in [0.1, 0.15) is 6.29 Å². The second-order valence-corrected chi connectivity index (χ2v) is 4.18. The topological polar surface area (TPSA) is 55.8 Å². The van der Waals surface area contributed by atoms with Crippen LogP contribution in [-0.4, -0.2) is 31.4 Å². The summed E-state index contributed by atoms with van der Waals surface area (Å²) in [5.74, 6) is 0.493. The van der Waals surface area contributed by atoms with E-state index >= 15 is 0 Å². The monoisotopic (exact) mass is 212 g/mol. The molecule has 0 amide bonds. The molecule has 4 atom stereocenters. The van der Waals surface area contributed by atoms with Gasteiger partial charge in [-0.25, -0.2) is 0 Å². The van der Waals surface area contributed by atoms with Crippen molar-refractivity contribution in [2.75, 3.05) is 13.7 Å². The van der Waals surface area contributed by atoms with Gasteiger partial charge in [-0.3, -0.25) is 4.79 Å². The number of methoxy groups -OCH3 is 1. The first-order valence-corrected chi connectivity index (χ1v) is 5.26. The van der Waals surface area contributed by atoms with Crippen molar-refractivity contribution in [3.8, 4) is 0 Å². The van der Waals surface area contributed by atoms with Crippen LogP contribution in [0.3, 0.4) is 0 Å². The minimum Gasteiger partial charge on any atom is -0.472 e. The minimum absolute atomic E-state index is 0.116. The number of fused-ring (bicyclic) bond motifs is 1. The molecule has 1 fully saturated rings. The Kier molecular flexibility index (Phi) is 3.07. The zero-order valence-electron chi connectivity index (χ0n) is 8.76. The molecule has 0 radical (unpaired) electrons. The summed E-state index contributed by atoms with van der Waals surface area (Å²) >= 11 is 0. The van der Waals surface area contributed by atoms with Crippen molar-refractivity contribution in [1.82, 2.24) is 0 Å². The van der Waals surface area contributed by atoms with Crippen molar-refractivity contribution in [1.29, 1.82) is 0 Å². The number of carbonyl (C=O) groups is 1. The number of allylic oxidation sites excluding steroid dienone is 1. The maximum Gasteiger partial charge on any atom is 0.202 e. The van der Waals surface area contributed by atoms with Crippen LogP contribution in [0.4, 0.5) is 0 Å². The molecule has 0 spiro atoms. The van der Waals surface area contributed by atoms with E-state index < -0.39 is 0 Å². The van der Waals surface area contributed by atoms with Gasteiger partial charge in [0.05, 0.1) is 6.26 Å². The van der Waals surface area contributed by atoms with Crippen molar-refractivity contribution >= 4 is 6.29 Å². The molecule has 0 aromatic carbocycles. The smallest absolute Gasteiger partial charge is 0.202 e. The van der Waals surface area contributed by atoms with Gasteiger partial charge in [0.25, 0.3) is 0 Å². The summed E-state index contributed by atoms with van der Waals surface area (Å²) < 4.78 is 10.6. The lowest BCUT2D eigenvalue weighted by Crippen LogP contribution is -2.37. The Morgan fingerprint density at radius 2 is 2.47 bits per heavy atom. The number of hydrogen-bond donors (Lipinski definition) is 1. The third kappa shape index (κ3) is 1.68. The van der Waals surface area contributed by atoms with Gasteiger partial charge in [-0.2, -0.15) is 0 Å². The second kappa shape index (κ2) is 4.33. The van der Waals surface area contributed by atoms with Gasteiger partial charge in [0.2, 0.25) is 6.29 Å². The van der Waals surface area contributed by atoms with E-state index in [0.29, 0.717) is 5.57 Å². The van der Waals surface area contributed by atoms with Crippen LogP contribution in [0.25, 0.3) is 0 Å². The Hall–Kier alpha value is -0.870. The number of aldehydes is 1. The highest BCUT2D eigenvalue weighted by Crippen LogP contribution is 2.45. The van der Waals surface area contributed by atoms with Crippen LogP contribution < -0.4 is 0 Å². The van der Waals surface area contributed by atoms with Gasteiger partial charge in [-0.05, 0) is 24.7 Å². The number of carbonyl (C=O) groups excluding carboxylic acids is 1. The van der Waals surface area contributed by atoms with E-state index in [0.717, 1.165) is 19.1 Å². The molecule has 15 heavy (non-hydrogen) atoms. The van der Waals surface area contributed by atoms with Gasteiger partial charge in [0.15, 0.2) is 0 Å². The summed E-state index contributed by atoms with van der Waals surface area (Å²) in [6.45, 7) is 0.135. The number of rotatable bonds is 3. The Morgan fingerprint density at radius 3 is 3.07 bits per heavy atom. The standard InChI is InChI=1S/C11H16O4/c1-14-11-10-7(4-12)2-3-9(10)8(5-13)6-15-11/h5-7,9-12H,2-4H2,1H3. The first kappa shape index (κ1) is 10.6. The Labute approximate surface area is 88.9 Å². The first-order valence-electron chi connectivity index (χ1n) is 5.26. The normalized spacial score (nSPS) is 39.2. The Morgan fingerprint density at radius 1 is 1.67 bits per heavy atom. The Bertz CT molecular complexity index is 274. The van der Waals surface area contributed by atoms with Crippen LogP contribution in [0.5, 0.6) is 0 Å². The lowest BCUT2D eigenvalue weighted by molar-refractivity contribution is -0.150. The van der Waals surface area contributed by atoms with E-state index in [2.05, 4.69) is 0 Å². The number of ether oxygens (including phenoxy) is 2. The van der Waals surface area contributed by atoms with Gasteiger partial charge in [-0.1, -0.05) is 0 Å². The van der Waals surface area contributed by atoms with Gasteiger partial charge < -0.3 is 14.6 Å². The van der Waals surface area contributed by atoms with Crippen LogP contribution in [0.15, 0.2) is 11.8 Å². The lowest BCUT2D eigenvalue weighted by Gasteiger charge is -2.34. The molecule has 1 saturated carbocycles. The van der Waals surface area contributed by atoms with E-state index in [-0.39, 0.29) is 30.7 Å². The molecule has 0 aromatic rings. The Balaban J connectivity index is 2.23. The van der Waals surface area contributed by atoms with Gasteiger partial charge in [-0.15, -0.1) is 0 Å². The van der Waals surface area contributed by atoms with E-state index in [1.54, 1.807) is 7.11 Å². The average molecular weight is 212 g/mol. The summed E-state index contributed by atoms with van der Waals surface area (Å²) in [6.07, 6.45) is 3.90. The van der Waals surface area contributed by atoms with Crippen molar-refractivity contribution in [3.05, 3.63) is 11.8 Å². The summed E-state index contributed by atoms with van der Waals surface area (Å²) in [5, 5.41) is 9.26. The average Bonchev–Trinajstić information content (AvgIpc) is 2.71. The molecule has 1 N–H and O–H groups in total. The third-order valence-corrected chi connectivity index (χ3v) is 3.54. The minimum atomic E-state index is -0.321. The number of hydrogen-bond acceptors (Lipinski definition) is 4. The van der Waals surface area contributed by atoms with Crippen LogP contribution in [0.2, 0.25) is 0 Å². The summed E-state index contributed by atoms with van der Waals surface area (Å²) in [4.78, 5) is 10.8. The fourth-order valence-corrected chi connectivity index (χ4v) is 2.77. The highest BCUT2D eigenvalue weighted by atomic mass is 16.7. The summed E-state index contributed by atoms with van der Waals surface area (Å²) in [5.41, 5.74) is 0.698. The van der Waals surface area contributed by atoms with E-state index in [1.165, 1.54) is 6.26 Å². The molecule has 1 heterocycles. The van der Waals surface area contributed by atoms with Crippen LogP contribution >= 0.6 is 0 Å².